The van der Waals surface area contributed by atoms with Gasteiger partial charge >= 0.3 is 0 Å². The van der Waals surface area contributed by atoms with E-state index >= 15 is 0 Å². The van der Waals surface area contributed by atoms with Gasteiger partial charge in [-0.2, -0.15) is 0 Å². The minimum atomic E-state index is -0.339. The Labute approximate surface area is 82.4 Å². The number of nitrogens with one attached hydrogen (secondary N) is 3. The second-order valence-corrected chi connectivity index (χ2v) is 2.97. The Balaban J connectivity index is 2.23. The third-order valence-corrected chi connectivity index (χ3v) is 1.94. The van der Waals surface area contributed by atoms with Crippen molar-refractivity contribution in [2.24, 2.45) is 0 Å². The molecule has 1 saturated heterocycles. The first-order valence-electron chi connectivity index (χ1n) is 4.53. The van der Waals surface area contributed by atoms with Crippen LogP contribution in [0, 0.1) is 0 Å². The molecule has 6 nitrogen and oxygen atoms in total. The van der Waals surface area contributed by atoms with E-state index in [1.807, 2.05) is 0 Å². The lowest BCUT2D eigenvalue weighted by Crippen LogP contribution is -2.52. The monoisotopic (exact) mass is 201 g/mol. The molecule has 0 aromatic carbocycles. The van der Waals surface area contributed by atoms with Crippen LogP contribution in [0.1, 0.15) is 0 Å². The second-order valence-electron chi connectivity index (χ2n) is 2.97. The van der Waals surface area contributed by atoms with Crippen molar-refractivity contribution in [1.82, 2.24) is 16.0 Å². The Hall–Kier alpha value is -1.14. The van der Waals surface area contributed by atoms with Gasteiger partial charge in [0, 0.05) is 13.6 Å². The van der Waals surface area contributed by atoms with Crippen LogP contribution in [-0.2, 0) is 14.3 Å². The molecule has 0 bridgehead atoms. The minimum Gasteiger partial charge on any atom is -0.378 e. The Morgan fingerprint density at radius 2 is 2.36 bits per heavy atom. The van der Waals surface area contributed by atoms with Crippen molar-refractivity contribution in [3.05, 3.63) is 0 Å². The van der Waals surface area contributed by atoms with Crippen LogP contribution >= 0.6 is 0 Å². The lowest BCUT2D eigenvalue weighted by Gasteiger charge is -2.22. The van der Waals surface area contributed by atoms with E-state index in [2.05, 4.69) is 16.0 Å². The van der Waals surface area contributed by atoms with Gasteiger partial charge in [0.25, 0.3) is 0 Å². The summed E-state index contributed by atoms with van der Waals surface area (Å²) in [6, 6.07) is -0.339. The molecule has 1 aliphatic rings. The van der Waals surface area contributed by atoms with E-state index in [1.54, 1.807) is 0 Å². The van der Waals surface area contributed by atoms with Gasteiger partial charge in [-0.25, -0.2) is 0 Å². The first-order chi connectivity index (χ1) is 6.74. The van der Waals surface area contributed by atoms with Crippen LogP contribution in [0.3, 0.4) is 0 Å². The van der Waals surface area contributed by atoms with Crippen LogP contribution in [-0.4, -0.2) is 51.2 Å². The molecule has 0 aliphatic carbocycles. The highest BCUT2D eigenvalue weighted by molar-refractivity contribution is 5.87. The fourth-order valence-electron chi connectivity index (χ4n) is 1.11. The van der Waals surface area contributed by atoms with Crippen LogP contribution in [0.15, 0.2) is 0 Å². The van der Waals surface area contributed by atoms with Gasteiger partial charge < -0.3 is 20.7 Å². The minimum absolute atomic E-state index is 0.00745. The van der Waals surface area contributed by atoms with Crippen LogP contribution in [0.2, 0.25) is 0 Å². The van der Waals surface area contributed by atoms with Crippen molar-refractivity contribution in [2.75, 3.05) is 33.4 Å². The maximum atomic E-state index is 11.4. The summed E-state index contributed by atoms with van der Waals surface area (Å²) in [7, 11) is 1.52. The summed E-state index contributed by atoms with van der Waals surface area (Å²) in [6.45, 7) is 1.66. The summed E-state index contributed by atoms with van der Waals surface area (Å²) >= 11 is 0. The number of carbonyl (C=O) groups excluding carboxylic acids is 2. The van der Waals surface area contributed by atoms with Crippen molar-refractivity contribution in [3.63, 3.8) is 0 Å². The molecule has 1 heterocycles. The SMILES string of the molecule is CNC(=O)CNC(=O)C1COCCN1. The number of hydrogen-bond donors (Lipinski definition) is 3. The van der Waals surface area contributed by atoms with E-state index in [0.29, 0.717) is 19.8 Å². The Morgan fingerprint density at radius 3 is 2.93 bits per heavy atom. The molecule has 1 unspecified atom stereocenters. The smallest absolute Gasteiger partial charge is 0.239 e. The summed E-state index contributed by atoms with van der Waals surface area (Å²) in [6.07, 6.45) is 0. The summed E-state index contributed by atoms with van der Waals surface area (Å²) < 4.78 is 5.11. The summed E-state index contributed by atoms with van der Waals surface area (Å²) in [4.78, 5) is 22.2. The van der Waals surface area contributed by atoms with E-state index in [4.69, 9.17) is 4.74 Å². The third-order valence-electron chi connectivity index (χ3n) is 1.94. The highest BCUT2D eigenvalue weighted by Gasteiger charge is 2.20. The number of hydrogen-bond acceptors (Lipinski definition) is 4. The van der Waals surface area contributed by atoms with E-state index < -0.39 is 0 Å². The van der Waals surface area contributed by atoms with Crippen molar-refractivity contribution in [1.29, 1.82) is 0 Å². The van der Waals surface area contributed by atoms with Crippen molar-refractivity contribution >= 4 is 11.8 Å². The lowest BCUT2D eigenvalue weighted by molar-refractivity contribution is -0.129. The quantitative estimate of drug-likeness (QED) is 0.486. The first-order valence-corrected chi connectivity index (χ1v) is 4.53. The van der Waals surface area contributed by atoms with Crippen LogP contribution in [0.5, 0.6) is 0 Å². The number of carbonyl (C=O) groups is 2. The molecule has 3 N–H and O–H groups in total. The molecule has 0 radical (unpaired) electrons. The van der Waals surface area contributed by atoms with Crippen molar-refractivity contribution < 1.29 is 14.3 Å². The zero-order valence-corrected chi connectivity index (χ0v) is 8.13. The standard InChI is InChI=1S/C8H15N3O3/c1-9-7(12)4-11-8(13)6-5-14-3-2-10-6/h6,10H,2-5H2,1H3,(H,9,12)(H,11,13). The normalized spacial score (nSPS) is 21.4. The molecule has 1 fully saturated rings. The highest BCUT2D eigenvalue weighted by Crippen LogP contribution is 1.92. The average molecular weight is 201 g/mol. The van der Waals surface area contributed by atoms with Gasteiger partial charge in [-0.1, -0.05) is 0 Å². The zero-order chi connectivity index (χ0) is 10.4. The summed E-state index contributed by atoms with van der Waals surface area (Å²) in [5.74, 6) is -0.414. The zero-order valence-electron chi connectivity index (χ0n) is 8.13. The molecule has 2 amide bonds. The third kappa shape index (κ3) is 3.31. The Bertz CT molecular complexity index is 214. The predicted octanol–water partition coefficient (Wildman–Crippen LogP) is -2.16. The number of amides is 2. The number of likely N-dealkylation sites (N-methyl/N-ethyl adjacent to an activating group) is 1. The molecule has 1 rings (SSSR count). The molecule has 1 atom stereocenters. The number of rotatable bonds is 3. The molecular formula is C8H15N3O3. The van der Waals surface area contributed by atoms with Crippen molar-refractivity contribution in [3.8, 4) is 0 Å². The lowest BCUT2D eigenvalue weighted by atomic mass is 10.2. The fourth-order valence-corrected chi connectivity index (χ4v) is 1.11. The molecule has 1 aliphatic heterocycles. The van der Waals surface area contributed by atoms with Gasteiger partial charge in [0.2, 0.25) is 11.8 Å². The molecule has 14 heavy (non-hydrogen) atoms. The largest absolute Gasteiger partial charge is 0.378 e. The van der Waals surface area contributed by atoms with Gasteiger partial charge in [0.1, 0.15) is 6.04 Å². The van der Waals surface area contributed by atoms with Gasteiger partial charge in [-0.3, -0.25) is 9.59 Å². The molecule has 80 valence electrons. The number of morpholine rings is 1. The van der Waals surface area contributed by atoms with Crippen LogP contribution < -0.4 is 16.0 Å². The second kappa shape index (κ2) is 5.56. The maximum absolute atomic E-state index is 11.4. The molecule has 6 heteroatoms. The van der Waals surface area contributed by atoms with E-state index in [0.717, 1.165) is 0 Å². The predicted molar refractivity (Wildman–Crippen MR) is 49.7 cm³/mol. The van der Waals surface area contributed by atoms with E-state index in [-0.39, 0.29) is 24.4 Å². The molecule has 0 saturated carbocycles. The molecule has 0 aromatic rings. The van der Waals surface area contributed by atoms with E-state index in [9.17, 15) is 9.59 Å². The van der Waals surface area contributed by atoms with E-state index in [1.165, 1.54) is 7.05 Å². The Morgan fingerprint density at radius 1 is 1.57 bits per heavy atom. The van der Waals surface area contributed by atoms with Crippen LogP contribution in [0.25, 0.3) is 0 Å². The highest BCUT2D eigenvalue weighted by atomic mass is 16.5. The molecular weight excluding hydrogens is 186 g/mol. The van der Waals surface area contributed by atoms with Gasteiger partial charge in [0.05, 0.1) is 19.8 Å². The van der Waals surface area contributed by atoms with Gasteiger partial charge in [-0.05, 0) is 0 Å². The number of ether oxygens (including phenoxy) is 1. The van der Waals surface area contributed by atoms with Crippen molar-refractivity contribution in [2.45, 2.75) is 6.04 Å². The average Bonchev–Trinajstić information content (AvgIpc) is 2.26. The molecule has 0 spiro atoms. The summed E-state index contributed by atoms with van der Waals surface area (Å²) in [5.41, 5.74) is 0. The topological polar surface area (TPSA) is 79.5 Å². The first kappa shape index (κ1) is 10.9. The maximum Gasteiger partial charge on any atom is 0.239 e. The fraction of sp³-hybridized carbons (Fsp3) is 0.750. The Kier molecular flexibility index (Phi) is 4.34. The molecule has 0 aromatic heterocycles. The van der Waals surface area contributed by atoms with Gasteiger partial charge in [-0.15, -0.1) is 0 Å². The van der Waals surface area contributed by atoms with Crippen LogP contribution in [0.4, 0.5) is 0 Å². The summed E-state index contributed by atoms with van der Waals surface area (Å²) in [5, 5.41) is 7.92. The van der Waals surface area contributed by atoms with Gasteiger partial charge in [0.15, 0.2) is 0 Å².